The van der Waals surface area contributed by atoms with E-state index in [1.54, 1.807) is 0 Å². The molecule has 1 fully saturated rings. The van der Waals surface area contributed by atoms with E-state index in [0.29, 0.717) is 12.8 Å². The van der Waals surface area contributed by atoms with Crippen LogP contribution in [0.5, 0.6) is 5.75 Å². The first-order valence-corrected chi connectivity index (χ1v) is 10.1. The molecule has 1 saturated carbocycles. The lowest BCUT2D eigenvalue weighted by Crippen LogP contribution is -2.44. The van der Waals surface area contributed by atoms with Gasteiger partial charge < -0.3 is 4.74 Å². The van der Waals surface area contributed by atoms with Crippen LogP contribution in [-0.4, -0.2) is 32.9 Å². The van der Waals surface area contributed by atoms with Crippen LogP contribution in [0.15, 0.2) is 24.3 Å². The molecule has 2 rings (SSSR count). The number of alkyl halides is 3. The van der Waals surface area contributed by atoms with Crippen LogP contribution >= 0.6 is 0 Å². The summed E-state index contributed by atoms with van der Waals surface area (Å²) >= 11 is 0. The summed E-state index contributed by atoms with van der Waals surface area (Å²) in [6, 6.07) is 5.36. The number of sulfonamides is 1. The van der Waals surface area contributed by atoms with Gasteiger partial charge in [0.2, 0.25) is 10.0 Å². The molecule has 0 radical (unpaired) electrons. The molecule has 0 atom stereocenters. The zero-order chi connectivity index (χ0) is 19.4. The smallest absolute Gasteiger partial charge is 0.397 e. The highest BCUT2D eigenvalue weighted by atomic mass is 32.2. The summed E-state index contributed by atoms with van der Waals surface area (Å²) in [5, 5.41) is 0. The maximum absolute atomic E-state index is 13.5. The zero-order valence-corrected chi connectivity index (χ0v) is 15.3. The van der Waals surface area contributed by atoms with Crippen molar-refractivity contribution in [3.8, 4) is 5.75 Å². The standard InChI is InChI=1S/C17H22F3NO4S/c1-2-26(23,24)21-15(22)13-6-8-14(9-7-13)25-12-16(17(18,19)20)10-4-3-5-11-16/h6-9H,2-5,10-12H2,1H3,(H,21,22). The molecule has 5 nitrogen and oxygen atoms in total. The van der Waals surface area contributed by atoms with Gasteiger partial charge in [0, 0.05) is 5.56 Å². The van der Waals surface area contributed by atoms with Crippen LogP contribution in [0.25, 0.3) is 0 Å². The van der Waals surface area contributed by atoms with E-state index in [1.165, 1.54) is 31.2 Å². The van der Waals surface area contributed by atoms with Gasteiger partial charge in [0.25, 0.3) is 5.91 Å². The molecule has 1 aromatic carbocycles. The predicted octanol–water partition coefficient (Wildman–Crippen LogP) is 3.66. The first-order chi connectivity index (χ1) is 12.1. The van der Waals surface area contributed by atoms with Crippen molar-refractivity contribution in [2.75, 3.05) is 12.4 Å². The third kappa shape index (κ3) is 4.90. The molecule has 146 valence electrons. The van der Waals surface area contributed by atoms with Crippen LogP contribution < -0.4 is 9.46 Å². The van der Waals surface area contributed by atoms with Gasteiger partial charge in [-0.1, -0.05) is 19.3 Å². The lowest BCUT2D eigenvalue weighted by Gasteiger charge is -2.38. The number of halogens is 3. The molecule has 1 aliphatic carbocycles. The Morgan fingerprint density at radius 3 is 2.23 bits per heavy atom. The average molecular weight is 393 g/mol. The van der Waals surface area contributed by atoms with Crippen LogP contribution in [0, 0.1) is 5.41 Å². The van der Waals surface area contributed by atoms with Crippen LogP contribution in [0.4, 0.5) is 13.2 Å². The van der Waals surface area contributed by atoms with E-state index < -0.39 is 34.1 Å². The number of carbonyl (C=O) groups excluding carboxylic acids is 1. The van der Waals surface area contributed by atoms with Gasteiger partial charge in [-0.3, -0.25) is 4.79 Å². The molecule has 26 heavy (non-hydrogen) atoms. The minimum absolute atomic E-state index is 0.0475. The van der Waals surface area contributed by atoms with Crippen molar-refractivity contribution in [1.82, 2.24) is 4.72 Å². The Hall–Kier alpha value is -1.77. The Morgan fingerprint density at radius 2 is 1.73 bits per heavy atom. The van der Waals surface area contributed by atoms with Crippen LogP contribution in [0.2, 0.25) is 0 Å². The second-order valence-corrected chi connectivity index (χ2v) is 8.50. The Kier molecular flexibility index (Phi) is 6.21. The monoisotopic (exact) mass is 393 g/mol. The maximum Gasteiger partial charge on any atom is 0.397 e. The van der Waals surface area contributed by atoms with Crippen LogP contribution in [0.3, 0.4) is 0 Å². The fourth-order valence-electron chi connectivity index (χ4n) is 2.93. The highest BCUT2D eigenvalue weighted by Crippen LogP contribution is 2.49. The van der Waals surface area contributed by atoms with Gasteiger partial charge in [0.15, 0.2) is 0 Å². The highest BCUT2D eigenvalue weighted by Gasteiger charge is 2.55. The molecule has 0 spiro atoms. The molecular weight excluding hydrogens is 371 g/mol. The van der Waals surface area contributed by atoms with E-state index in [4.69, 9.17) is 4.74 Å². The van der Waals surface area contributed by atoms with Crippen LogP contribution in [-0.2, 0) is 10.0 Å². The molecule has 1 amide bonds. The van der Waals surface area contributed by atoms with Crippen molar-refractivity contribution in [3.63, 3.8) is 0 Å². The molecule has 1 aromatic rings. The summed E-state index contributed by atoms with van der Waals surface area (Å²) in [5.41, 5.74) is -1.76. The lowest BCUT2D eigenvalue weighted by atomic mass is 9.74. The first-order valence-electron chi connectivity index (χ1n) is 8.43. The second kappa shape index (κ2) is 7.85. The van der Waals surface area contributed by atoms with Gasteiger partial charge in [-0.15, -0.1) is 0 Å². The first kappa shape index (κ1) is 20.5. The van der Waals surface area contributed by atoms with Crippen molar-refractivity contribution < 1.29 is 31.1 Å². The molecule has 0 saturated heterocycles. The molecule has 0 aromatic heterocycles. The van der Waals surface area contributed by atoms with E-state index in [1.807, 2.05) is 4.72 Å². The highest BCUT2D eigenvalue weighted by molar-refractivity contribution is 7.90. The molecule has 9 heteroatoms. The summed E-state index contributed by atoms with van der Waals surface area (Å²) < 4.78 is 70.5. The topological polar surface area (TPSA) is 72.5 Å². The average Bonchev–Trinajstić information content (AvgIpc) is 2.60. The van der Waals surface area contributed by atoms with Crippen molar-refractivity contribution in [3.05, 3.63) is 29.8 Å². The molecule has 0 aliphatic heterocycles. The van der Waals surface area contributed by atoms with Crippen molar-refractivity contribution in [2.45, 2.75) is 45.2 Å². The Bertz CT molecular complexity index is 723. The van der Waals surface area contributed by atoms with Crippen molar-refractivity contribution in [1.29, 1.82) is 0 Å². The largest absolute Gasteiger partial charge is 0.493 e. The molecule has 0 bridgehead atoms. The SMILES string of the molecule is CCS(=O)(=O)NC(=O)c1ccc(OCC2(C(F)(F)F)CCCCC2)cc1. The number of ether oxygens (including phenoxy) is 1. The van der Waals surface area contributed by atoms with E-state index in [0.717, 1.165) is 6.42 Å². The second-order valence-electron chi connectivity index (χ2n) is 6.49. The van der Waals surface area contributed by atoms with E-state index in [2.05, 4.69) is 0 Å². The number of amides is 1. The fraction of sp³-hybridized carbons (Fsp3) is 0.588. The number of carbonyl (C=O) groups is 1. The molecule has 0 unspecified atom stereocenters. The fourth-order valence-corrected chi connectivity index (χ4v) is 3.48. The molecule has 1 N–H and O–H groups in total. The van der Waals surface area contributed by atoms with Crippen molar-refractivity contribution in [2.24, 2.45) is 5.41 Å². The normalized spacial score (nSPS) is 17.5. The molecule has 0 heterocycles. The van der Waals surface area contributed by atoms with Gasteiger partial charge in [0.05, 0.1) is 11.2 Å². The predicted molar refractivity (Wildman–Crippen MR) is 90.4 cm³/mol. The number of nitrogens with one attached hydrogen (secondary N) is 1. The molecule has 1 aliphatic rings. The summed E-state index contributed by atoms with van der Waals surface area (Å²) in [6.45, 7) is 0.931. The Morgan fingerprint density at radius 1 is 1.15 bits per heavy atom. The van der Waals surface area contributed by atoms with Gasteiger partial charge in [-0.25, -0.2) is 13.1 Å². The van der Waals surface area contributed by atoms with Gasteiger partial charge in [-0.2, -0.15) is 13.2 Å². The number of hydrogen-bond donors (Lipinski definition) is 1. The van der Waals surface area contributed by atoms with Gasteiger partial charge >= 0.3 is 6.18 Å². The van der Waals surface area contributed by atoms with E-state index in [-0.39, 0.29) is 29.9 Å². The van der Waals surface area contributed by atoms with E-state index >= 15 is 0 Å². The third-order valence-corrected chi connectivity index (χ3v) is 5.93. The minimum atomic E-state index is -4.33. The van der Waals surface area contributed by atoms with Gasteiger partial charge in [0.1, 0.15) is 12.4 Å². The number of rotatable bonds is 6. The Labute approximate surface area is 151 Å². The van der Waals surface area contributed by atoms with Gasteiger partial charge in [-0.05, 0) is 44.0 Å². The Balaban J connectivity index is 2.03. The third-order valence-electron chi connectivity index (χ3n) is 4.67. The maximum atomic E-state index is 13.5. The minimum Gasteiger partial charge on any atom is -0.493 e. The summed E-state index contributed by atoms with van der Waals surface area (Å²) in [6.07, 6.45) is -2.40. The van der Waals surface area contributed by atoms with Crippen molar-refractivity contribution >= 4 is 15.9 Å². The van der Waals surface area contributed by atoms with E-state index in [9.17, 15) is 26.4 Å². The number of benzene rings is 1. The summed E-state index contributed by atoms with van der Waals surface area (Å²) in [7, 11) is -3.68. The lowest BCUT2D eigenvalue weighted by molar-refractivity contribution is -0.243. The molecular formula is C17H22F3NO4S. The zero-order valence-electron chi connectivity index (χ0n) is 14.4. The number of hydrogen-bond acceptors (Lipinski definition) is 4. The van der Waals surface area contributed by atoms with Crippen LogP contribution in [0.1, 0.15) is 49.4 Å². The summed E-state index contributed by atoms with van der Waals surface area (Å²) in [5.74, 6) is -0.828. The quantitative estimate of drug-likeness (QED) is 0.801. The summed E-state index contributed by atoms with van der Waals surface area (Å²) in [4.78, 5) is 11.8.